The van der Waals surface area contributed by atoms with Gasteiger partial charge in [0.15, 0.2) is 0 Å². The second kappa shape index (κ2) is 5.96. The van der Waals surface area contributed by atoms with Gasteiger partial charge in [0.1, 0.15) is 5.82 Å². The molecule has 1 fully saturated rings. The molecule has 0 amide bonds. The van der Waals surface area contributed by atoms with Crippen LogP contribution < -0.4 is 10.2 Å². The number of alkyl halides is 3. The Morgan fingerprint density at radius 1 is 1.32 bits per heavy atom. The highest BCUT2D eigenvalue weighted by molar-refractivity contribution is 5.85. The first-order chi connectivity index (χ1) is 8.39. The number of rotatable bonds is 1. The van der Waals surface area contributed by atoms with Crippen molar-refractivity contribution in [3.05, 3.63) is 29.6 Å². The molecule has 0 unspecified atom stereocenters. The number of benzene rings is 1. The van der Waals surface area contributed by atoms with Crippen LogP contribution in [0.3, 0.4) is 0 Å². The Labute approximate surface area is 115 Å². The van der Waals surface area contributed by atoms with Crippen LogP contribution in [0.4, 0.5) is 23.2 Å². The summed E-state index contributed by atoms with van der Waals surface area (Å²) in [4.78, 5) is 1.78. The second-order valence-corrected chi connectivity index (χ2v) is 4.41. The smallest absolute Gasteiger partial charge is 0.364 e. The summed E-state index contributed by atoms with van der Waals surface area (Å²) in [5, 5.41) is 3.15. The molecule has 0 radical (unpaired) electrons. The second-order valence-electron chi connectivity index (χ2n) is 4.41. The van der Waals surface area contributed by atoms with Crippen LogP contribution in [0.15, 0.2) is 18.2 Å². The Kier molecular flexibility index (Phi) is 5.04. The molecule has 0 bridgehead atoms. The maximum Gasteiger partial charge on any atom is 0.416 e. The lowest BCUT2D eigenvalue weighted by Gasteiger charge is -2.36. The molecular formula is C12H15ClF4N2. The third-order valence-electron chi connectivity index (χ3n) is 3.09. The number of anilines is 1. The normalized spacial score (nSPS) is 20.1. The molecule has 1 aliphatic heterocycles. The van der Waals surface area contributed by atoms with Crippen molar-refractivity contribution in [1.82, 2.24) is 5.32 Å². The highest BCUT2D eigenvalue weighted by Gasteiger charge is 2.32. The number of halogens is 5. The number of nitrogens with one attached hydrogen (secondary N) is 1. The van der Waals surface area contributed by atoms with E-state index in [4.69, 9.17) is 0 Å². The van der Waals surface area contributed by atoms with Crippen LogP contribution in [-0.2, 0) is 6.18 Å². The van der Waals surface area contributed by atoms with Gasteiger partial charge in [-0.15, -0.1) is 12.4 Å². The zero-order valence-electron chi connectivity index (χ0n) is 10.3. The highest BCUT2D eigenvalue weighted by atomic mass is 35.5. The average molecular weight is 299 g/mol. The average Bonchev–Trinajstić information content (AvgIpc) is 2.29. The number of hydrogen-bond acceptors (Lipinski definition) is 2. The van der Waals surface area contributed by atoms with E-state index in [1.165, 1.54) is 6.07 Å². The van der Waals surface area contributed by atoms with Crippen LogP contribution in [0.2, 0.25) is 0 Å². The number of nitrogens with zero attached hydrogens (tertiary/aromatic N) is 1. The molecule has 0 saturated carbocycles. The number of hydrogen-bond donors (Lipinski definition) is 1. The first kappa shape index (κ1) is 16.0. The van der Waals surface area contributed by atoms with Crippen LogP contribution >= 0.6 is 12.4 Å². The zero-order valence-corrected chi connectivity index (χ0v) is 11.1. The van der Waals surface area contributed by atoms with E-state index < -0.39 is 17.6 Å². The number of piperazine rings is 1. The molecule has 1 heterocycles. The molecule has 1 saturated heterocycles. The van der Waals surface area contributed by atoms with Crippen molar-refractivity contribution >= 4 is 18.1 Å². The fourth-order valence-electron chi connectivity index (χ4n) is 2.12. The molecule has 1 aromatic carbocycles. The molecule has 2 nitrogen and oxygen atoms in total. The van der Waals surface area contributed by atoms with E-state index in [0.717, 1.165) is 6.07 Å². The van der Waals surface area contributed by atoms with E-state index >= 15 is 0 Å². The van der Waals surface area contributed by atoms with E-state index in [-0.39, 0.29) is 24.1 Å². The minimum atomic E-state index is -4.51. The molecule has 108 valence electrons. The van der Waals surface area contributed by atoms with Gasteiger partial charge in [-0.05, 0) is 25.1 Å². The van der Waals surface area contributed by atoms with Gasteiger partial charge >= 0.3 is 6.18 Å². The van der Waals surface area contributed by atoms with Gasteiger partial charge in [0.25, 0.3) is 0 Å². The van der Waals surface area contributed by atoms with Crippen LogP contribution in [0.5, 0.6) is 0 Å². The van der Waals surface area contributed by atoms with Gasteiger partial charge in [-0.25, -0.2) is 4.39 Å². The lowest BCUT2D eigenvalue weighted by Crippen LogP contribution is -2.50. The molecule has 1 aliphatic rings. The van der Waals surface area contributed by atoms with Crippen LogP contribution in [0, 0.1) is 5.82 Å². The minimum absolute atomic E-state index is 0. The van der Waals surface area contributed by atoms with Gasteiger partial charge < -0.3 is 10.2 Å². The molecule has 7 heteroatoms. The molecule has 1 aromatic rings. The SMILES string of the molecule is C[C@H]1CNCCN1c1ccc(C(F)(F)F)cc1F.Cl. The van der Waals surface area contributed by atoms with Crippen LogP contribution in [-0.4, -0.2) is 25.7 Å². The quantitative estimate of drug-likeness (QED) is 0.802. The lowest BCUT2D eigenvalue weighted by atomic mass is 10.1. The standard InChI is InChI=1S/C12H14F4N2.ClH/c1-8-7-17-4-5-18(8)11-3-2-9(6-10(11)13)12(14,15)16;/h2-3,6,8,17H,4-5,7H2,1H3;1H/t8-;/m0./s1. The van der Waals surface area contributed by atoms with Crippen molar-refractivity contribution in [2.45, 2.75) is 19.1 Å². The van der Waals surface area contributed by atoms with Gasteiger partial charge in [0.2, 0.25) is 0 Å². The first-order valence-corrected chi connectivity index (χ1v) is 5.73. The van der Waals surface area contributed by atoms with Gasteiger partial charge in [0.05, 0.1) is 11.3 Å². The van der Waals surface area contributed by atoms with Crippen LogP contribution in [0.25, 0.3) is 0 Å². The third kappa shape index (κ3) is 3.51. The molecule has 1 atom stereocenters. The Bertz CT molecular complexity index is 436. The predicted octanol–water partition coefficient (Wildman–Crippen LogP) is 3.06. The van der Waals surface area contributed by atoms with Crippen molar-refractivity contribution in [2.24, 2.45) is 0 Å². The van der Waals surface area contributed by atoms with Crippen molar-refractivity contribution in [3.63, 3.8) is 0 Å². The Balaban J connectivity index is 0.00000180. The zero-order chi connectivity index (χ0) is 13.3. The van der Waals surface area contributed by atoms with Crippen molar-refractivity contribution in [1.29, 1.82) is 0 Å². The fourth-order valence-corrected chi connectivity index (χ4v) is 2.12. The highest BCUT2D eigenvalue weighted by Crippen LogP contribution is 2.32. The summed E-state index contributed by atoms with van der Waals surface area (Å²) >= 11 is 0. The largest absolute Gasteiger partial charge is 0.416 e. The topological polar surface area (TPSA) is 15.3 Å². The summed E-state index contributed by atoms with van der Waals surface area (Å²) in [6.45, 7) is 3.89. The van der Waals surface area contributed by atoms with E-state index in [1.807, 2.05) is 6.92 Å². The lowest BCUT2D eigenvalue weighted by molar-refractivity contribution is -0.137. The van der Waals surface area contributed by atoms with Crippen LogP contribution in [0.1, 0.15) is 12.5 Å². The Morgan fingerprint density at radius 2 is 2.00 bits per heavy atom. The predicted molar refractivity (Wildman–Crippen MR) is 68.3 cm³/mol. The molecular weight excluding hydrogens is 284 g/mol. The molecule has 0 aromatic heterocycles. The van der Waals surface area contributed by atoms with Gasteiger partial charge in [-0.2, -0.15) is 13.2 Å². The maximum atomic E-state index is 13.8. The van der Waals surface area contributed by atoms with E-state index in [2.05, 4.69) is 5.32 Å². The molecule has 2 rings (SSSR count). The van der Waals surface area contributed by atoms with E-state index in [9.17, 15) is 17.6 Å². The summed E-state index contributed by atoms with van der Waals surface area (Å²) in [6.07, 6.45) is -4.51. The van der Waals surface area contributed by atoms with E-state index in [1.54, 1.807) is 4.90 Å². The Hall–Kier alpha value is -1.01. The Morgan fingerprint density at radius 3 is 2.53 bits per heavy atom. The van der Waals surface area contributed by atoms with Crippen molar-refractivity contribution in [2.75, 3.05) is 24.5 Å². The summed E-state index contributed by atoms with van der Waals surface area (Å²) in [7, 11) is 0. The van der Waals surface area contributed by atoms with Gasteiger partial charge in [-0.3, -0.25) is 0 Å². The maximum absolute atomic E-state index is 13.8. The summed E-state index contributed by atoms with van der Waals surface area (Å²) in [6, 6.07) is 2.75. The third-order valence-corrected chi connectivity index (χ3v) is 3.09. The summed E-state index contributed by atoms with van der Waals surface area (Å²) in [5.41, 5.74) is -0.719. The van der Waals surface area contributed by atoms with Gasteiger partial charge in [-0.1, -0.05) is 0 Å². The molecule has 0 aliphatic carbocycles. The molecule has 19 heavy (non-hydrogen) atoms. The fraction of sp³-hybridized carbons (Fsp3) is 0.500. The first-order valence-electron chi connectivity index (χ1n) is 5.73. The molecule has 1 N–H and O–H groups in total. The monoisotopic (exact) mass is 298 g/mol. The van der Waals surface area contributed by atoms with E-state index in [0.29, 0.717) is 25.7 Å². The summed E-state index contributed by atoms with van der Waals surface area (Å²) < 4.78 is 51.1. The van der Waals surface area contributed by atoms with Gasteiger partial charge in [0, 0.05) is 25.7 Å². The van der Waals surface area contributed by atoms with Crippen molar-refractivity contribution < 1.29 is 17.6 Å². The van der Waals surface area contributed by atoms with Crippen molar-refractivity contribution in [3.8, 4) is 0 Å². The molecule has 0 spiro atoms. The minimum Gasteiger partial charge on any atom is -0.364 e. The summed E-state index contributed by atoms with van der Waals surface area (Å²) in [5.74, 6) is -0.821.